The van der Waals surface area contributed by atoms with Crippen LogP contribution in [0.2, 0.25) is 0 Å². The van der Waals surface area contributed by atoms with E-state index in [1.54, 1.807) is 23.0 Å². The molecule has 0 radical (unpaired) electrons. The number of anilines is 1. The number of carbonyl (C=O) groups excluding carboxylic acids is 1. The largest absolute Gasteiger partial charge is 0.370 e. The van der Waals surface area contributed by atoms with Crippen LogP contribution in [0.15, 0.2) is 30.7 Å². The highest BCUT2D eigenvalue weighted by molar-refractivity contribution is 5.77. The first-order chi connectivity index (χ1) is 12.1. The number of aromatic nitrogens is 3. The van der Waals surface area contributed by atoms with Gasteiger partial charge in [-0.25, -0.2) is 4.98 Å². The van der Waals surface area contributed by atoms with Crippen molar-refractivity contribution in [1.82, 2.24) is 19.7 Å². The minimum Gasteiger partial charge on any atom is -0.370 e. The molecule has 2 aromatic heterocycles. The van der Waals surface area contributed by atoms with Gasteiger partial charge >= 0.3 is 0 Å². The van der Waals surface area contributed by atoms with Crippen LogP contribution in [-0.4, -0.2) is 38.7 Å². The predicted octanol–water partition coefficient (Wildman–Crippen LogP) is 2.10. The number of piperidine rings is 1. The van der Waals surface area contributed by atoms with E-state index in [1.807, 2.05) is 31.3 Å². The second kappa shape index (κ2) is 7.34. The predicted molar refractivity (Wildman–Crippen MR) is 93.5 cm³/mol. The Hall–Kier alpha value is -2.88. The molecule has 3 rings (SSSR count). The number of nitrogens with one attached hydrogen (secondary N) is 1. The van der Waals surface area contributed by atoms with Crippen LogP contribution in [0, 0.1) is 17.2 Å². The molecule has 2 aromatic rings. The van der Waals surface area contributed by atoms with Crippen molar-refractivity contribution in [1.29, 1.82) is 5.26 Å². The van der Waals surface area contributed by atoms with Gasteiger partial charge in [0.15, 0.2) is 0 Å². The van der Waals surface area contributed by atoms with Crippen LogP contribution in [0.4, 0.5) is 5.82 Å². The number of hydrogen-bond donors (Lipinski definition) is 1. The van der Waals surface area contributed by atoms with Crippen molar-refractivity contribution in [2.45, 2.75) is 25.8 Å². The van der Waals surface area contributed by atoms with Gasteiger partial charge in [0.25, 0.3) is 0 Å². The number of amides is 1. The zero-order valence-electron chi connectivity index (χ0n) is 14.5. The molecule has 1 fully saturated rings. The summed E-state index contributed by atoms with van der Waals surface area (Å²) in [5.41, 5.74) is 1.64. The summed E-state index contributed by atoms with van der Waals surface area (Å²) in [6.45, 7) is 3.37. The first kappa shape index (κ1) is 17.0. The Balaban J connectivity index is 1.79. The second-order valence-corrected chi connectivity index (χ2v) is 6.29. The van der Waals surface area contributed by atoms with E-state index >= 15 is 0 Å². The van der Waals surface area contributed by atoms with E-state index in [-0.39, 0.29) is 17.9 Å². The number of nitriles is 1. The molecule has 1 saturated heterocycles. The van der Waals surface area contributed by atoms with Crippen LogP contribution in [0.1, 0.15) is 36.9 Å². The SMILES string of the molecule is CCN1C(=O)CC[C@H](CNc2cc(C#N)ccn2)[C@H]1c1cnn(C)c1. The van der Waals surface area contributed by atoms with Gasteiger partial charge in [-0.05, 0) is 25.5 Å². The summed E-state index contributed by atoms with van der Waals surface area (Å²) < 4.78 is 1.77. The second-order valence-electron chi connectivity index (χ2n) is 6.29. The van der Waals surface area contributed by atoms with Crippen LogP contribution in [0.3, 0.4) is 0 Å². The molecular weight excluding hydrogens is 316 g/mol. The van der Waals surface area contributed by atoms with E-state index in [0.29, 0.717) is 30.9 Å². The minimum atomic E-state index is 0.00611. The molecule has 1 aliphatic rings. The Morgan fingerprint density at radius 2 is 2.32 bits per heavy atom. The first-order valence-electron chi connectivity index (χ1n) is 8.50. The molecule has 1 N–H and O–H groups in total. The molecule has 1 amide bonds. The van der Waals surface area contributed by atoms with Crippen LogP contribution in [0.25, 0.3) is 0 Å². The molecule has 3 heterocycles. The normalized spacial score (nSPS) is 20.4. The van der Waals surface area contributed by atoms with E-state index in [1.165, 1.54) is 0 Å². The van der Waals surface area contributed by atoms with E-state index < -0.39 is 0 Å². The van der Waals surface area contributed by atoms with E-state index in [2.05, 4.69) is 21.5 Å². The van der Waals surface area contributed by atoms with Gasteiger partial charge in [0.05, 0.1) is 23.9 Å². The van der Waals surface area contributed by atoms with E-state index in [0.717, 1.165) is 12.0 Å². The Morgan fingerprint density at radius 3 is 3.00 bits per heavy atom. The van der Waals surface area contributed by atoms with Crippen LogP contribution < -0.4 is 5.32 Å². The van der Waals surface area contributed by atoms with Crippen molar-refractivity contribution in [3.8, 4) is 6.07 Å². The minimum absolute atomic E-state index is 0.00611. The molecule has 7 heteroatoms. The van der Waals surface area contributed by atoms with Crippen molar-refractivity contribution in [2.75, 3.05) is 18.4 Å². The van der Waals surface area contributed by atoms with Crippen molar-refractivity contribution in [2.24, 2.45) is 13.0 Å². The summed E-state index contributed by atoms with van der Waals surface area (Å²) >= 11 is 0. The van der Waals surface area contributed by atoms with Crippen LogP contribution in [0.5, 0.6) is 0 Å². The lowest BCUT2D eigenvalue weighted by atomic mass is 9.85. The first-order valence-corrected chi connectivity index (χ1v) is 8.50. The summed E-state index contributed by atoms with van der Waals surface area (Å²) in [6, 6.07) is 5.55. The monoisotopic (exact) mass is 338 g/mol. The number of aryl methyl sites for hydroxylation is 1. The van der Waals surface area contributed by atoms with Gasteiger partial charge in [-0.2, -0.15) is 10.4 Å². The molecule has 25 heavy (non-hydrogen) atoms. The number of likely N-dealkylation sites (tertiary alicyclic amines) is 1. The highest BCUT2D eigenvalue weighted by Gasteiger charge is 2.36. The molecule has 130 valence electrons. The third kappa shape index (κ3) is 3.63. The molecule has 7 nitrogen and oxygen atoms in total. The smallest absolute Gasteiger partial charge is 0.223 e. The molecule has 0 aromatic carbocycles. The summed E-state index contributed by atoms with van der Waals surface area (Å²) in [5, 5.41) is 16.6. The zero-order valence-corrected chi connectivity index (χ0v) is 14.5. The number of hydrogen-bond acceptors (Lipinski definition) is 5. The molecular formula is C18H22N6O. The summed E-state index contributed by atoms with van der Waals surface area (Å²) in [5.74, 6) is 1.13. The fourth-order valence-electron chi connectivity index (χ4n) is 3.48. The van der Waals surface area contributed by atoms with Gasteiger partial charge in [0, 0.05) is 50.4 Å². The molecule has 0 bridgehead atoms. The van der Waals surface area contributed by atoms with E-state index in [9.17, 15) is 4.79 Å². The van der Waals surface area contributed by atoms with Gasteiger partial charge in [-0.15, -0.1) is 0 Å². The maximum Gasteiger partial charge on any atom is 0.223 e. The highest BCUT2D eigenvalue weighted by atomic mass is 16.2. The molecule has 0 unspecified atom stereocenters. The zero-order chi connectivity index (χ0) is 17.8. The van der Waals surface area contributed by atoms with Gasteiger partial charge in [-0.1, -0.05) is 0 Å². The van der Waals surface area contributed by atoms with Crippen molar-refractivity contribution >= 4 is 11.7 Å². The summed E-state index contributed by atoms with van der Waals surface area (Å²) in [6.07, 6.45) is 6.83. The third-order valence-electron chi connectivity index (χ3n) is 4.67. The average Bonchev–Trinajstić information content (AvgIpc) is 3.06. The number of carbonyl (C=O) groups is 1. The lowest BCUT2D eigenvalue weighted by Crippen LogP contribution is -2.44. The van der Waals surface area contributed by atoms with Gasteiger partial charge in [0.1, 0.15) is 5.82 Å². The standard InChI is InChI=1S/C18H22N6O/c1-3-24-17(25)5-4-14(18(24)15-11-22-23(2)12-15)10-21-16-8-13(9-19)6-7-20-16/h6-8,11-12,14,18H,3-5,10H2,1-2H3,(H,20,21)/t14-,18+/m1/s1. The lowest BCUT2D eigenvalue weighted by Gasteiger charge is -2.40. The van der Waals surface area contributed by atoms with Gasteiger partial charge < -0.3 is 10.2 Å². The number of nitrogens with zero attached hydrogens (tertiary/aromatic N) is 5. The van der Waals surface area contributed by atoms with Gasteiger partial charge in [-0.3, -0.25) is 9.48 Å². The van der Waals surface area contributed by atoms with Crippen molar-refractivity contribution < 1.29 is 4.79 Å². The summed E-state index contributed by atoms with van der Waals surface area (Å²) in [4.78, 5) is 18.6. The average molecular weight is 338 g/mol. The molecule has 0 aliphatic carbocycles. The number of rotatable bonds is 5. The highest BCUT2D eigenvalue weighted by Crippen LogP contribution is 2.36. The summed E-state index contributed by atoms with van der Waals surface area (Å²) in [7, 11) is 1.88. The fraction of sp³-hybridized carbons (Fsp3) is 0.444. The van der Waals surface area contributed by atoms with Crippen molar-refractivity contribution in [3.05, 3.63) is 41.9 Å². The molecule has 2 atom stereocenters. The molecule has 1 aliphatic heterocycles. The maximum absolute atomic E-state index is 12.3. The third-order valence-corrected chi connectivity index (χ3v) is 4.67. The van der Waals surface area contributed by atoms with Crippen molar-refractivity contribution in [3.63, 3.8) is 0 Å². The fourth-order valence-corrected chi connectivity index (χ4v) is 3.48. The molecule has 0 saturated carbocycles. The Labute approximate surface area is 147 Å². The van der Waals surface area contributed by atoms with Crippen LogP contribution in [-0.2, 0) is 11.8 Å². The Morgan fingerprint density at radius 1 is 1.48 bits per heavy atom. The lowest BCUT2D eigenvalue weighted by molar-refractivity contribution is -0.138. The van der Waals surface area contributed by atoms with E-state index in [4.69, 9.17) is 5.26 Å². The Kier molecular flexibility index (Phi) is 4.98. The van der Waals surface area contributed by atoms with Gasteiger partial charge in [0.2, 0.25) is 5.91 Å². The quantitative estimate of drug-likeness (QED) is 0.902. The topological polar surface area (TPSA) is 86.8 Å². The van der Waals surface area contributed by atoms with Crippen LogP contribution >= 0.6 is 0 Å². The molecule has 0 spiro atoms. The Bertz CT molecular complexity index is 793. The maximum atomic E-state index is 12.3. The number of pyridine rings is 1.